The van der Waals surface area contributed by atoms with E-state index >= 15 is 0 Å². The molecular formula is C23H23F3N2OS. The van der Waals surface area contributed by atoms with Crippen molar-refractivity contribution in [3.8, 4) is 11.6 Å². The van der Waals surface area contributed by atoms with Gasteiger partial charge < -0.3 is 4.74 Å². The summed E-state index contributed by atoms with van der Waals surface area (Å²) in [5.41, 5.74) is 2.19. The number of hydrogen-bond acceptors (Lipinski definition) is 4. The van der Waals surface area contributed by atoms with E-state index in [2.05, 4.69) is 23.8 Å². The zero-order valence-corrected chi connectivity index (χ0v) is 17.8. The van der Waals surface area contributed by atoms with Gasteiger partial charge in [0, 0.05) is 17.5 Å². The van der Waals surface area contributed by atoms with E-state index in [-0.39, 0.29) is 0 Å². The molecule has 3 aromatic rings. The zero-order chi connectivity index (χ0) is 21.7. The summed E-state index contributed by atoms with van der Waals surface area (Å²) < 4.78 is 44.0. The number of halogens is 3. The number of hydrogen-bond donors (Lipinski definition) is 0. The van der Waals surface area contributed by atoms with Gasteiger partial charge in [0.1, 0.15) is 5.75 Å². The molecule has 2 aromatic carbocycles. The predicted molar refractivity (Wildman–Crippen MR) is 113 cm³/mol. The van der Waals surface area contributed by atoms with Crippen molar-refractivity contribution in [1.29, 1.82) is 0 Å². The summed E-state index contributed by atoms with van der Waals surface area (Å²) in [6.45, 7) is 6.26. The SMILES string of the molecule is CCc1cc(Oc2ccc(C(C)C)cc2)nc(SCc2ccc(C(F)(F)F)cc2)n1. The molecule has 3 nitrogen and oxygen atoms in total. The maximum absolute atomic E-state index is 12.7. The van der Waals surface area contributed by atoms with E-state index in [1.54, 1.807) is 6.07 Å². The topological polar surface area (TPSA) is 35.0 Å². The quantitative estimate of drug-likeness (QED) is 0.291. The molecule has 0 aliphatic carbocycles. The summed E-state index contributed by atoms with van der Waals surface area (Å²) in [5.74, 6) is 2.05. The van der Waals surface area contributed by atoms with Crippen LogP contribution < -0.4 is 4.74 Å². The first-order valence-corrected chi connectivity index (χ1v) is 10.7. The van der Waals surface area contributed by atoms with E-state index < -0.39 is 11.7 Å². The molecule has 30 heavy (non-hydrogen) atoms. The Morgan fingerprint density at radius 2 is 1.63 bits per heavy atom. The van der Waals surface area contributed by atoms with Gasteiger partial charge in [-0.15, -0.1) is 0 Å². The smallest absolute Gasteiger partial charge is 0.416 e. The second kappa shape index (κ2) is 9.51. The monoisotopic (exact) mass is 432 g/mol. The summed E-state index contributed by atoms with van der Waals surface area (Å²) in [7, 11) is 0. The number of thioether (sulfide) groups is 1. The van der Waals surface area contributed by atoms with E-state index in [1.807, 2.05) is 31.2 Å². The van der Waals surface area contributed by atoms with E-state index in [4.69, 9.17) is 4.74 Å². The molecule has 0 radical (unpaired) electrons. The van der Waals surface area contributed by atoms with Crippen LogP contribution in [0.1, 0.15) is 49.1 Å². The van der Waals surface area contributed by atoms with Crippen LogP contribution >= 0.6 is 11.8 Å². The second-order valence-electron chi connectivity index (χ2n) is 7.14. The Labute approximate surface area is 178 Å². The number of aryl methyl sites for hydroxylation is 1. The lowest BCUT2D eigenvalue weighted by atomic mass is 10.0. The summed E-state index contributed by atoms with van der Waals surface area (Å²) in [4.78, 5) is 8.95. The third-order valence-corrected chi connectivity index (χ3v) is 5.43. The Hall–Kier alpha value is -2.54. The van der Waals surface area contributed by atoms with Gasteiger partial charge in [-0.05, 0) is 47.7 Å². The maximum atomic E-state index is 12.7. The highest BCUT2D eigenvalue weighted by atomic mass is 32.2. The van der Waals surface area contributed by atoms with E-state index in [1.165, 1.54) is 29.5 Å². The normalized spacial score (nSPS) is 11.7. The molecule has 0 spiro atoms. The number of nitrogens with zero attached hydrogens (tertiary/aromatic N) is 2. The Morgan fingerprint density at radius 3 is 2.20 bits per heavy atom. The van der Waals surface area contributed by atoms with Crippen molar-refractivity contribution in [2.75, 3.05) is 0 Å². The van der Waals surface area contributed by atoms with E-state index in [0.717, 1.165) is 29.8 Å². The third kappa shape index (κ3) is 5.98. The van der Waals surface area contributed by atoms with Gasteiger partial charge in [0.25, 0.3) is 0 Å². The van der Waals surface area contributed by atoms with Crippen molar-refractivity contribution in [3.05, 3.63) is 77.0 Å². The van der Waals surface area contributed by atoms with Crippen LogP contribution in [0.4, 0.5) is 13.2 Å². The Kier molecular flexibility index (Phi) is 7.02. The molecule has 0 atom stereocenters. The van der Waals surface area contributed by atoms with Gasteiger partial charge in [0.15, 0.2) is 5.16 Å². The molecule has 1 heterocycles. The minimum absolute atomic E-state index is 0.443. The highest BCUT2D eigenvalue weighted by Crippen LogP contribution is 2.31. The van der Waals surface area contributed by atoms with Gasteiger partial charge in [-0.3, -0.25) is 0 Å². The molecule has 0 aliphatic heterocycles. The van der Waals surface area contributed by atoms with Gasteiger partial charge in [0.05, 0.1) is 5.56 Å². The molecule has 1 aromatic heterocycles. The Morgan fingerprint density at radius 1 is 0.967 bits per heavy atom. The first-order valence-electron chi connectivity index (χ1n) is 9.69. The first kappa shape index (κ1) is 22.2. The molecule has 7 heteroatoms. The average Bonchev–Trinajstić information content (AvgIpc) is 2.72. The molecule has 0 saturated heterocycles. The molecule has 0 aliphatic rings. The van der Waals surface area contributed by atoms with Gasteiger partial charge in [0.2, 0.25) is 5.88 Å². The van der Waals surface area contributed by atoms with Crippen molar-refractivity contribution in [3.63, 3.8) is 0 Å². The van der Waals surface area contributed by atoms with Crippen LogP contribution in [0.3, 0.4) is 0 Å². The fraction of sp³-hybridized carbons (Fsp3) is 0.304. The standard InChI is InChI=1S/C23H23F3N2OS/c1-4-19-13-21(29-20-11-7-17(8-12-20)15(2)3)28-22(27-19)30-14-16-5-9-18(10-6-16)23(24,25)26/h5-13,15H,4,14H2,1-3H3. The van der Waals surface area contributed by atoms with Gasteiger partial charge in [-0.1, -0.05) is 56.8 Å². The molecule has 0 amide bonds. The van der Waals surface area contributed by atoms with Gasteiger partial charge in [-0.2, -0.15) is 18.2 Å². The fourth-order valence-electron chi connectivity index (χ4n) is 2.73. The van der Waals surface area contributed by atoms with E-state index in [0.29, 0.717) is 28.5 Å². The predicted octanol–water partition coefficient (Wildman–Crippen LogP) is 7.27. The number of benzene rings is 2. The van der Waals surface area contributed by atoms with Crippen LogP contribution in [0.15, 0.2) is 59.8 Å². The van der Waals surface area contributed by atoms with Crippen LogP contribution in [0, 0.1) is 0 Å². The maximum Gasteiger partial charge on any atom is 0.416 e. The summed E-state index contributed by atoms with van der Waals surface area (Å²) in [6.07, 6.45) is -3.61. The first-order chi connectivity index (χ1) is 14.2. The second-order valence-corrected chi connectivity index (χ2v) is 8.09. The van der Waals surface area contributed by atoms with Crippen molar-refractivity contribution in [2.24, 2.45) is 0 Å². The molecule has 0 N–H and O–H groups in total. The lowest BCUT2D eigenvalue weighted by Gasteiger charge is -2.10. The van der Waals surface area contributed by atoms with Gasteiger partial charge >= 0.3 is 6.18 Å². The molecule has 0 bridgehead atoms. The summed E-state index contributed by atoms with van der Waals surface area (Å²) in [5, 5.41) is 0.531. The van der Waals surface area contributed by atoms with Crippen LogP contribution in [0.5, 0.6) is 11.6 Å². The Bertz CT molecular complexity index is 971. The fourth-order valence-corrected chi connectivity index (χ4v) is 3.55. The lowest BCUT2D eigenvalue weighted by molar-refractivity contribution is -0.137. The van der Waals surface area contributed by atoms with Gasteiger partial charge in [-0.25, -0.2) is 4.98 Å². The minimum atomic E-state index is -4.33. The molecule has 3 rings (SSSR count). The van der Waals surface area contributed by atoms with E-state index in [9.17, 15) is 13.2 Å². The van der Waals surface area contributed by atoms with Crippen LogP contribution in [0.2, 0.25) is 0 Å². The van der Waals surface area contributed by atoms with Crippen molar-refractivity contribution >= 4 is 11.8 Å². The number of alkyl halides is 3. The van der Waals surface area contributed by atoms with Crippen molar-refractivity contribution in [1.82, 2.24) is 9.97 Å². The van der Waals surface area contributed by atoms with Crippen LogP contribution in [0.25, 0.3) is 0 Å². The highest BCUT2D eigenvalue weighted by Gasteiger charge is 2.29. The molecule has 0 saturated carbocycles. The zero-order valence-electron chi connectivity index (χ0n) is 17.0. The number of rotatable bonds is 7. The third-order valence-electron chi connectivity index (χ3n) is 4.52. The summed E-state index contributed by atoms with van der Waals surface area (Å²) in [6, 6.07) is 14.8. The van der Waals surface area contributed by atoms with Crippen molar-refractivity contribution < 1.29 is 17.9 Å². The summed E-state index contributed by atoms with van der Waals surface area (Å²) >= 11 is 1.36. The molecule has 0 fully saturated rings. The van der Waals surface area contributed by atoms with Crippen molar-refractivity contribution in [2.45, 2.75) is 50.2 Å². The van der Waals surface area contributed by atoms with Crippen LogP contribution in [-0.4, -0.2) is 9.97 Å². The molecular weight excluding hydrogens is 409 g/mol. The average molecular weight is 433 g/mol. The number of ether oxygens (including phenoxy) is 1. The highest BCUT2D eigenvalue weighted by molar-refractivity contribution is 7.98. The molecule has 0 unspecified atom stereocenters. The van der Waals surface area contributed by atoms with Crippen LogP contribution in [-0.2, 0) is 18.3 Å². The number of aromatic nitrogens is 2. The lowest BCUT2D eigenvalue weighted by Crippen LogP contribution is -2.04. The molecule has 158 valence electrons. The Balaban J connectivity index is 1.71. The minimum Gasteiger partial charge on any atom is -0.439 e. The largest absolute Gasteiger partial charge is 0.439 e.